The fourth-order valence-electron chi connectivity index (χ4n) is 3.91. The number of guanidine groups is 1. The molecule has 2 atom stereocenters. The largest absolute Gasteiger partial charge is 0.480 e. The number of aliphatic carboxylic acids is 1. The zero-order chi connectivity index (χ0) is 27.7. The molecule has 0 aromatic heterocycles. The average Bonchev–Trinajstić information content (AvgIpc) is 3.40. The first-order chi connectivity index (χ1) is 18.1. The van der Waals surface area contributed by atoms with Crippen molar-refractivity contribution in [1.29, 1.82) is 5.26 Å². The maximum atomic E-state index is 13.0. The molecule has 6 N–H and O–H groups in total. The number of nitrogens with zero attached hydrogens (tertiary/aromatic N) is 3. The molecule has 2 aromatic rings. The van der Waals surface area contributed by atoms with Gasteiger partial charge in [-0.1, -0.05) is 30.3 Å². The Morgan fingerprint density at radius 3 is 2.47 bits per heavy atom. The summed E-state index contributed by atoms with van der Waals surface area (Å²) >= 11 is 0. The molecule has 2 aromatic carbocycles. The Hall–Kier alpha value is -4.48. The molecule has 1 aliphatic heterocycles. The van der Waals surface area contributed by atoms with E-state index >= 15 is 0 Å². The van der Waals surface area contributed by atoms with Crippen molar-refractivity contribution in [2.24, 2.45) is 10.7 Å². The lowest BCUT2D eigenvalue weighted by molar-refractivity contribution is -0.142. The van der Waals surface area contributed by atoms with E-state index in [9.17, 15) is 27.9 Å². The quantitative estimate of drug-likeness (QED) is 0.155. The van der Waals surface area contributed by atoms with Crippen LogP contribution in [0.1, 0.15) is 18.4 Å². The normalized spacial score (nSPS) is 16.7. The molecule has 14 heteroatoms. The maximum Gasteiger partial charge on any atom is 0.326 e. The number of amides is 2. The van der Waals surface area contributed by atoms with Crippen molar-refractivity contribution in [1.82, 2.24) is 14.9 Å². The van der Waals surface area contributed by atoms with Crippen molar-refractivity contribution < 1.29 is 27.9 Å². The molecule has 0 spiro atoms. The van der Waals surface area contributed by atoms with Crippen LogP contribution in [0.5, 0.6) is 0 Å². The number of nitriles is 1. The number of rotatable bonds is 10. The van der Waals surface area contributed by atoms with Gasteiger partial charge in [0.05, 0.1) is 11.4 Å². The summed E-state index contributed by atoms with van der Waals surface area (Å²) in [4.78, 5) is 40.2. The van der Waals surface area contributed by atoms with Crippen LogP contribution in [0.4, 0.5) is 5.69 Å². The van der Waals surface area contributed by atoms with Crippen molar-refractivity contribution in [3.8, 4) is 6.19 Å². The molecule has 13 nitrogen and oxygen atoms in total. The van der Waals surface area contributed by atoms with E-state index in [2.05, 4.69) is 20.9 Å². The second kappa shape index (κ2) is 12.7. The number of hydrogen-bond acceptors (Lipinski definition) is 7. The van der Waals surface area contributed by atoms with Gasteiger partial charge in [0.25, 0.3) is 0 Å². The van der Waals surface area contributed by atoms with Crippen LogP contribution >= 0.6 is 0 Å². The highest BCUT2D eigenvalue weighted by Gasteiger charge is 2.40. The molecule has 0 saturated carbocycles. The third-order valence-electron chi connectivity index (χ3n) is 5.75. The Bertz CT molecular complexity index is 1340. The van der Waals surface area contributed by atoms with Crippen LogP contribution in [0.2, 0.25) is 0 Å². The zero-order valence-electron chi connectivity index (χ0n) is 20.2. The number of benzene rings is 2. The number of nitrogens with one attached hydrogen (secondary N) is 3. The first-order valence-corrected chi connectivity index (χ1v) is 13.0. The Balaban J connectivity index is 1.61. The number of carbonyl (C=O) groups is 3. The second-order valence-corrected chi connectivity index (χ2v) is 10.3. The van der Waals surface area contributed by atoms with Gasteiger partial charge in [-0.2, -0.15) is 9.57 Å². The molecular formula is C24H27N7O6S. The standard InChI is InChI=1S/C24H27N7O6S/c25-15-28-24(26)27-14-21(32)29-17-10-8-16(9-11-17)13-19(23(34)35)30-22(33)20-7-4-12-31(20)38(36,37)18-5-2-1-3-6-18/h1-3,5-6,8-11,19-20H,4,7,12-14H2,(H,29,32)(H,30,33)(H,34,35)(H3,26,27,28)/t19-,20-/m0/s1. The highest BCUT2D eigenvalue weighted by Crippen LogP contribution is 2.26. The Labute approximate surface area is 219 Å². The lowest BCUT2D eigenvalue weighted by Gasteiger charge is -2.25. The second-order valence-electron chi connectivity index (χ2n) is 8.39. The van der Waals surface area contributed by atoms with Gasteiger partial charge in [-0.3, -0.25) is 9.59 Å². The molecule has 200 valence electrons. The Morgan fingerprint density at radius 2 is 1.84 bits per heavy atom. The Kier molecular flexibility index (Phi) is 9.36. The predicted octanol–water partition coefficient (Wildman–Crippen LogP) is -0.0243. The number of carboxylic acid groups (broad SMARTS) is 1. The predicted molar refractivity (Wildman–Crippen MR) is 137 cm³/mol. The van der Waals surface area contributed by atoms with Crippen LogP contribution in [0, 0.1) is 11.5 Å². The minimum atomic E-state index is -3.92. The molecule has 0 bridgehead atoms. The van der Waals surface area contributed by atoms with Gasteiger partial charge in [-0.05, 0) is 42.7 Å². The van der Waals surface area contributed by atoms with E-state index in [1.54, 1.807) is 42.5 Å². The van der Waals surface area contributed by atoms with Crippen LogP contribution in [0.15, 0.2) is 64.5 Å². The van der Waals surface area contributed by atoms with E-state index in [1.165, 1.54) is 18.3 Å². The number of aliphatic imine (C=N–C) groups is 1. The molecule has 1 heterocycles. The number of hydrogen-bond donors (Lipinski definition) is 5. The summed E-state index contributed by atoms with van der Waals surface area (Å²) in [6, 6.07) is 11.8. The molecule has 1 aliphatic rings. The molecule has 0 radical (unpaired) electrons. The first-order valence-electron chi connectivity index (χ1n) is 11.6. The molecule has 38 heavy (non-hydrogen) atoms. The first kappa shape index (κ1) is 28.1. The fraction of sp³-hybridized carbons (Fsp3) is 0.292. The van der Waals surface area contributed by atoms with Gasteiger partial charge in [0, 0.05) is 18.7 Å². The van der Waals surface area contributed by atoms with E-state index in [0.29, 0.717) is 17.7 Å². The minimum Gasteiger partial charge on any atom is -0.480 e. The lowest BCUT2D eigenvalue weighted by Crippen LogP contribution is -2.51. The van der Waals surface area contributed by atoms with Gasteiger partial charge in [-0.15, -0.1) is 4.99 Å². The van der Waals surface area contributed by atoms with Gasteiger partial charge in [-0.25, -0.2) is 13.2 Å². The van der Waals surface area contributed by atoms with Crippen molar-refractivity contribution in [3.63, 3.8) is 0 Å². The van der Waals surface area contributed by atoms with E-state index in [1.807, 2.05) is 0 Å². The number of nitrogens with two attached hydrogens (primary N) is 1. The van der Waals surface area contributed by atoms with E-state index in [4.69, 9.17) is 11.0 Å². The number of carboxylic acids is 1. The summed E-state index contributed by atoms with van der Waals surface area (Å²) in [6.07, 6.45) is 2.18. The van der Waals surface area contributed by atoms with Crippen LogP contribution < -0.4 is 21.7 Å². The van der Waals surface area contributed by atoms with Crippen molar-refractivity contribution in [3.05, 3.63) is 60.2 Å². The third kappa shape index (κ3) is 7.28. The molecule has 3 rings (SSSR count). The highest BCUT2D eigenvalue weighted by molar-refractivity contribution is 7.89. The maximum absolute atomic E-state index is 13.0. The smallest absolute Gasteiger partial charge is 0.326 e. The fourth-order valence-corrected chi connectivity index (χ4v) is 5.59. The van der Waals surface area contributed by atoms with Crippen LogP contribution in [0.3, 0.4) is 0 Å². The summed E-state index contributed by atoms with van der Waals surface area (Å²) in [6.45, 7) is -0.0580. The summed E-state index contributed by atoms with van der Waals surface area (Å²) < 4.78 is 27.2. The highest BCUT2D eigenvalue weighted by atomic mass is 32.2. The van der Waals surface area contributed by atoms with Crippen molar-refractivity contribution in [2.75, 3.05) is 18.4 Å². The SMILES string of the molecule is N#C/N=C(\N)NCC(=O)Nc1ccc(C[C@H](NC(=O)[C@@H]2CCCN2S(=O)(=O)c2ccccc2)C(=O)O)cc1. The van der Waals surface area contributed by atoms with E-state index in [-0.39, 0.29) is 36.8 Å². The van der Waals surface area contributed by atoms with Crippen molar-refractivity contribution in [2.45, 2.75) is 36.2 Å². The van der Waals surface area contributed by atoms with Gasteiger partial charge >= 0.3 is 5.97 Å². The number of sulfonamides is 1. The van der Waals surface area contributed by atoms with Gasteiger partial charge in [0.2, 0.25) is 34.0 Å². The third-order valence-corrected chi connectivity index (χ3v) is 7.67. The monoisotopic (exact) mass is 541 g/mol. The number of anilines is 1. The van der Waals surface area contributed by atoms with Crippen LogP contribution in [0.25, 0.3) is 0 Å². The summed E-state index contributed by atoms with van der Waals surface area (Å²) in [7, 11) is -3.92. The summed E-state index contributed by atoms with van der Waals surface area (Å²) in [5, 5.41) is 25.6. The number of carbonyl (C=O) groups excluding carboxylic acids is 2. The van der Waals surface area contributed by atoms with Gasteiger partial charge < -0.3 is 26.8 Å². The molecule has 0 unspecified atom stereocenters. The molecule has 0 aliphatic carbocycles. The van der Waals surface area contributed by atoms with Crippen molar-refractivity contribution >= 4 is 39.5 Å². The van der Waals surface area contributed by atoms with E-state index < -0.39 is 39.9 Å². The molecule has 1 fully saturated rings. The van der Waals surface area contributed by atoms with E-state index in [0.717, 1.165) is 4.31 Å². The van der Waals surface area contributed by atoms with Crippen LogP contribution in [-0.4, -0.2) is 66.7 Å². The van der Waals surface area contributed by atoms with Gasteiger partial charge in [0.1, 0.15) is 12.1 Å². The lowest BCUT2D eigenvalue weighted by atomic mass is 10.0. The molecule has 1 saturated heterocycles. The van der Waals surface area contributed by atoms with Gasteiger partial charge in [0.15, 0.2) is 0 Å². The molecule has 2 amide bonds. The van der Waals surface area contributed by atoms with Crippen LogP contribution in [-0.2, 0) is 30.8 Å². The summed E-state index contributed by atoms with van der Waals surface area (Å²) in [5.41, 5.74) is 6.37. The minimum absolute atomic E-state index is 0.0594. The topological polar surface area (TPSA) is 207 Å². The Morgan fingerprint density at radius 1 is 1.16 bits per heavy atom. The molecular weight excluding hydrogens is 514 g/mol. The average molecular weight is 542 g/mol. The summed E-state index contributed by atoms with van der Waals surface area (Å²) in [5.74, 6) is -2.59. The zero-order valence-corrected chi connectivity index (χ0v) is 21.0.